The van der Waals surface area contributed by atoms with Crippen LogP contribution in [0.5, 0.6) is 0 Å². The van der Waals surface area contributed by atoms with Gasteiger partial charge >= 0.3 is 0 Å². The maximum absolute atomic E-state index is 13.3. The number of nitrogens with zero attached hydrogens (tertiary/aromatic N) is 3. The van der Waals surface area contributed by atoms with Gasteiger partial charge in [-0.15, -0.1) is 0 Å². The summed E-state index contributed by atoms with van der Waals surface area (Å²) in [6.07, 6.45) is 0.461. The second kappa shape index (κ2) is 7.97. The van der Waals surface area contributed by atoms with Crippen molar-refractivity contribution in [1.29, 1.82) is 0 Å². The van der Waals surface area contributed by atoms with E-state index >= 15 is 0 Å². The van der Waals surface area contributed by atoms with Gasteiger partial charge in [0.15, 0.2) is 0 Å². The normalized spacial score (nSPS) is 12.4. The summed E-state index contributed by atoms with van der Waals surface area (Å²) < 4.78 is 1.63. The van der Waals surface area contributed by atoms with Crippen LogP contribution in [0.15, 0.2) is 53.3 Å². The van der Waals surface area contributed by atoms with Gasteiger partial charge in [0.25, 0.3) is 5.56 Å². The van der Waals surface area contributed by atoms with E-state index in [0.29, 0.717) is 23.1 Å². The molecule has 0 bridgehead atoms. The lowest BCUT2D eigenvalue weighted by atomic mass is 10.1. The zero-order valence-corrected chi connectivity index (χ0v) is 17.1. The third-order valence-electron chi connectivity index (χ3n) is 5.02. The molecule has 3 aromatic rings. The minimum atomic E-state index is -0.343. The van der Waals surface area contributed by atoms with E-state index in [1.54, 1.807) is 22.6 Å². The first-order valence-electron chi connectivity index (χ1n) is 9.64. The monoisotopic (exact) mass is 377 g/mol. The highest BCUT2D eigenvalue weighted by molar-refractivity contribution is 5.79. The van der Waals surface area contributed by atoms with Gasteiger partial charge in [0, 0.05) is 13.5 Å². The summed E-state index contributed by atoms with van der Waals surface area (Å²) in [6, 6.07) is 14.8. The third-order valence-corrected chi connectivity index (χ3v) is 5.02. The van der Waals surface area contributed by atoms with Crippen molar-refractivity contribution in [2.75, 3.05) is 7.05 Å². The van der Waals surface area contributed by atoms with Gasteiger partial charge in [-0.2, -0.15) is 0 Å². The summed E-state index contributed by atoms with van der Waals surface area (Å²) >= 11 is 0. The second-order valence-electron chi connectivity index (χ2n) is 7.74. The van der Waals surface area contributed by atoms with Crippen molar-refractivity contribution in [2.45, 2.75) is 40.2 Å². The molecule has 0 aliphatic heterocycles. The van der Waals surface area contributed by atoms with E-state index in [4.69, 9.17) is 4.98 Å². The number of carbonyl (C=O) groups is 1. The minimum Gasteiger partial charge on any atom is -0.336 e. The van der Waals surface area contributed by atoms with E-state index in [2.05, 4.69) is 0 Å². The largest absolute Gasteiger partial charge is 0.336 e. The van der Waals surface area contributed by atoms with Crippen LogP contribution < -0.4 is 5.56 Å². The van der Waals surface area contributed by atoms with Crippen LogP contribution >= 0.6 is 0 Å². The first kappa shape index (κ1) is 19.8. The fraction of sp³-hybridized carbons (Fsp3) is 0.348. The molecule has 0 saturated carbocycles. The van der Waals surface area contributed by atoms with E-state index in [-0.39, 0.29) is 23.4 Å². The molecule has 1 unspecified atom stereocenters. The molecule has 1 amide bonds. The first-order valence-corrected chi connectivity index (χ1v) is 9.64. The third kappa shape index (κ3) is 3.84. The van der Waals surface area contributed by atoms with E-state index in [1.807, 2.05) is 70.2 Å². The Morgan fingerprint density at radius 1 is 1.07 bits per heavy atom. The number of hydrogen-bond acceptors (Lipinski definition) is 3. The molecule has 1 heterocycles. The van der Waals surface area contributed by atoms with Crippen molar-refractivity contribution >= 4 is 16.8 Å². The van der Waals surface area contributed by atoms with Gasteiger partial charge in [-0.3, -0.25) is 14.2 Å². The van der Waals surface area contributed by atoms with Crippen LogP contribution in [0, 0.1) is 12.8 Å². The molecule has 3 rings (SSSR count). The Morgan fingerprint density at radius 2 is 1.71 bits per heavy atom. The average Bonchev–Trinajstić information content (AvgIpc) is 2.67. The molecule has 0 radical (unpaired) electrons. The Morgan fingerprint density at radius 3 is 2.36 bits per heavy atom. The molecule has 0 aliphatic carbocycles. The number of rotatable bonds is 5. The molecule has 0 aliphatic rings. The number of aromatic nitrogens is 2. The molecule has 0 fully saturated rings. The molecule has 5 heteroatoms. The fourth-order valence-corrected chi connectivity index (χ4v) is 3.26. The Balaban J connectivity index is 2.20. The summed E-state index contributed by atoms with van der Waals surface area (Å²) in [7, 11) is 1.77. The zero-order valence-electron chi connectivity index (χ0n) is 17.1. The lowest BCUT2D eigenvalue weighted by molar-refractivity contribution is -0.132. The molecule has 0 spiro atoms. The van der Waals surface area contributed by atoms with Crippen molar-refractivity contribution in [1.82, 2.24) is 14.5 Å². The first-order chi connectivity index (χ1) is 13.3. The van der Waals surface area contributed by atoms with Crippen LogP contribution in [0.1, 0.15) is 44.6 Å². The van der Waals surface area contributed by atoms with E-state index in [0.717, 1.165) is 11.3 Å². The van der Waals surface area contributed by atoms with Crippen molar-refractivity contribution < 1.29 is 4.79 Å². The number of fused-ring (bicyclic) bond motifs is 1. The summed E-state index contributed by atoms with van der Waals surface area (Å²) in [4.78, 5) is 32.4. The number of hydrogen-bond donors (Lipinski definition) is 0. The van der Waals surface area contributed by atoms with Gasteiger partial charge in [-0.25, -0.2) is 4.98 Å². The summed E-state index contributed by atoms with van der Waals surface area (Å²) in [5, 5.41) is 0.565. The number of para-hydroxylation sites is 1. The van der Waals surface area contributed by atoms with Crippen molar-refractivity contribution in [2.24, 2.45) is 5.92 Å². The lowest BCUT2D eigenvalue weighted by Gasteiger charge is -2.27. The van der Waals surface area contributed by atoms with Crippen molar-refractivity contribution in [3.8, 4) is 5.69 Å². The van der Waals surface area contributed by atoms with Crippen LogP contribution in [0.2, 0.25) is 0 Å². The standard InChI is InChI=1S/C23H27N3O2/c1-15(2)14-21(27)25(5)17(4)22-24-20-9-7-6-8-19(20)23(28)26(22)18-12-10-16(3)11-13-18/h6-13,15,17H,14H2,1-5H3. The number of benzene rings is 2. The van der Waals surface area contributed by atoms with Gasteiger partial charge in [0.05, 0.1) is 22.6 Å². The average molecular weight is 377 g/mol. The van der Waals surface area contributed by atoms with Gasteiger partial charge in [0.2, 0.25) is 5.91 Å². The minimum absolute atomic E-state index is 0.0420. The molecule has 5 nitrogen and oxygen atoms in total. The Hall–Kier alpha value is -2.95. The van der Waals surface area contributed by atoms with Crippen molar-refractivity contribution in [3.63, 3.8) is 0 Å². The lowest BCUT2D eigenvalue weighted by Crippen LogP contribution is -2.35. The molecule has 146 valence electrons. The SMILES string of the molecule is Cc1ccc(-n2c(C(C)N(C)C(=O)CC(C)C)nc3ccccc3c2=O)cc1. The van der Waals surface area contributed by atoms with Crippen LogP contribution in [0.25, 0.3) is 16.6 Å². The van der Waals surface area contributed by atoms with Gasteiger partial charge in [-0.05, 0) is 44.0 Å². The molecule has 1 atom stereocenters. The maximum Gasteiger partial charge on any atom is 0.266 e. The fourth-order valence-electron chi connectivity index (χ4n) is 3.26. The Kier molecular flexibility index (Phi) is 5.63. The van der Waals surface area contributed by atoms with Crippen LogP contribution in [0.3, 0.4) is 0 Å². The van der Waals surface area contributed by atoms with Crippen LogP contribution in [0.4, 0.5) is 0 Å². The second-order valence-corrected chi connectivity index (χ2v) is 7.74. The van der Waals surface area contributed by atoms with Crippen molar-refractivity contribution in [3.05, 3.63) is 70.3 Å². The molecule has 1 aromatic heterocycles. The highest BCUT2D eigenvalue weighted by Crippen LogP contribution is 2.23. The highest BCUT2D eigenvalue weighted by Gasteiger charge is 2.24. The van der Waals surface area contributed by atoms with E-state index in [9.17, 15) is 9.59 Å². The Bertz CT molecular complexity index is 1050. The number of amides is 1. The summed E-state index contributed by atoms with van der Waals surface area (Å²) in [6.45, 7) is 7.96. The van der Waals surface area contributed by atoms with Crippen LogP contribution in [-0.2, 0) is 4.79 Å². The van der Waals surface area contributed by atoms with Crippen LogP contribution in [-0.4, -0.2) is 27.4 Å². The Labute approximate surface area is 165 Å². The predicted molar refractivity (Wildman–Crippen MR) is 113 cm³/mol. The van der Waals surface area contributed by atoms with Gasteiger partial charge in [-0.1, -0.05) is 43.7 Å². The van der Waals surface area contributed by atoms with E-state index in [1.165, 1.54) is 0 Å². The van der Waals surface area contributed by atoms with Gasteiger partial charge in [0.1, 0.15) is 5.82 Å². The molecule has 0 saturated heterocycles. The van der Waals surface area contributed by atoms with E-state index < -0.39 is 0 Å². The summed E-state index contributed by atoms with van der Waals surface area (Å²) in [5.41, 5.74) is 2.38. The topological polar surface area (TPSA) is 55.2 Å². The molecular weight excluding hydrogens is 350 g/mol. The highest BCUT2D eigenvalue weighted by atomic mass is 16.2. The molecule has 2 aromatic carbocycles. The smallest absolute Gasteiger partial charge is 0.266 e. The molecular formula is C23H27N3O2. The molecule has 28 heavy (non-hydrogen) atoms. The van der Waals surface area contributed by atoms with Gasteiger partial charge < -0.3 is 4.90 Å². The number of aryl methyl sites for hydroxylation is 1. The quantitative estimate of drug-likeness (QED) is 0.668. The maximum atomic E-state index is 13.3. The predicted octanol–water partition coefficient (Wildman–Crippen LogP) is 4.26. The number of carbonyl (C=O) groups excluding carboxylic acids is 1. The summed E-state index contributed by atoms with van der Waals surface area (Å²) in [5.74, 6) is 0.874. The molecule has 0 N–H and O–H groups in total. The zero-order chi connectivity index (χ0) is 20.4.